The van der Waals surface area contributed by atoms with Gasteiger partial charge in [0.2, 0.25) is 5.91 Å². The van der Waals surface area contributed by atoms with Gasteiger partial charge in [-0.1, -0.05) is 32.4 Å². The minimum atomic E-state index is -0.427. The van der Waals surface area contributed by atoms with Crippen LogP contribution in [0.15, 0.2) is 18.3 Å². The fourth-order valence-electron chi connectivity index (χ4n) is 0.777. The molecule has 0 fully saturated rings. The number of aromatic nitrogens is 1. The fraction of sp³-hybridized carbons (Fsp3) is 0.400. The van der Waals surface area contributed by atoms with E-state index in [4.69, 9.17) is 11.6 Å². The first kappa shape index (κ1) is 11.0. The molecule has 1 rings (SSSR count). The molecule has 0 atom stereocenters. The van der Waals surface area contributed by atoms with Crippen molar-refractivity contribution in [3.63, 3.8) is 0 Å². The highest BCUT2D eigenvalue weighted by Gasteiger charge is 2.21. The molecule has 76 valence electrons. The number of hydrogen-bond donors (Lipinski definition) is 1. The van der Waals surface area contributed by atoms with Crippen molar-refractivity contribution in [2.75, 3.05) is 5.32 Å². The van der Waals surface area contributed by atoms with Crippen LogP contribution in [0.3, 0.4) is 0 Å². The molecular formula is C10H13ClN2O. The Hall–Kier alpha value is -1.09. The van der Waals surface area contributed by atoms with E-state index in [1.807, 2.05) is 20.8 Å². The summed E-state index contributed by atoms with van der Waals surface area (Å²) in [5.74, 6) is 0.407. The van der Waals surface area contributed by atoms with Gasteiger partial charge in [0.1, 0.15) is 5.82 Å². The molecule has 1 amide bonds. The molecule has 0 saturated heterocycles. The number of rotatable bonds is 1. The Balaban J connectivity index is 2.75. The summed E-state index contributed by atoms with van der Waals surface area (Å²) in [6.07, 6.45) is 1.56. The van der Waals surface area contributed by atoms with Crippen molar-refractivity contribution in [3.05, 3.63) is 23.4 Å². The monoisotopic (exact) mass is 212 g/mol. The van der Waals surface area contributed by atoms with Crippen molar-refractivity contribution in [1.82, 2.24) is 4.98 Å². The van der Waals surface area contributed by atoms with Crippen molar-refractivity contribution >= 4 is 23.3 Å². The number of anilines is 1. The number of hydrogen-bond acceptors (Lipinski definition) is 2. The van der Waals surface area contributed by atoms with Crippen LogP contribution in [0.4, 0.5) is 5.82 Å². The molecule has 4 heteroatoms. The average Bonchev–Trinajstić information content (AvgIpc) is 2.02. The van der Waals surface area contributed by atoms with Crippen molar-refractivity contribution in [2.24, 2.45) is 5.41 Å². The third-order valence-corrected chi connectivity index (χ3v) is 1.88. The Morgan fingerprint density at radius 3 is 2.64 bits per heavy atom. The molecule has 1 aromatic heterocycles. The zero-order valence-electron chi connectivity index (χ0n) is 8.47. The lowest BCUT2D eigenvalue weighted by molar-refractivity contribution is -0.123. The molecule has 0 spiro atoms. The minimum absolute atomic E-state index is 0.0766. The quantitative estimate of drug-likeness (QED) is 0.778. The van der Waals surface area contributed by atoms with Gasteiger partial charge in [0.05, 0.1) is 0 Å². The molecule has 0 aliphatic carbocycles. The van der Waals surface area contributed by atoms with Gasteiger partial charge in [0.15, 0.2) is 0 Å². The van der Waals surface area contributed by atoms with E-state index < -0.39 is 5.41 Å². The zero-order chi connectivity index (χ0) is 10.8. The fourth-order valence-corrected chi connectivity index (χ4v) is 0.937. The summed E-state index contributed by atoms with van der Waals surface area (Å²) in [4.78, 5) is 15.5. The smallest absolute Gasteiger partial charge is 0.230 e. The lowest BCUT2D eigenvalue weighted by Crippen LogP contribution is -2.27. The molecule has 0 aliphatic rings. The molecule has 3 nitrogen and oxygen atoms in total. The summed E-state index contributed by atoms with van der Waals surface area (Å²) in [5, 5.41) is 3.25. The molecule has 14 heavy (non-hydrogen) atoms. The number of nitrogens with zero attached hydrogens (tertiary/aromatic N) is 1. The molecule has 0 saturated carbocycles. The Labute approximate surface area is 88.5 Å². The van der Waals surface area contributed by atoms with E-state index in [0.29, 0.717) is 10.8 Å². The first-order chi connectivity index (χ1) is 6.39. The normalized spacial score (nSPS) is 11.1. The number of carbonyl (C=O) groups excluding carboxylic acids is 1. The minimum Gasteiger partial charge on any atom is -0.310 e. The molecule has 1 N–H and O–H groups in total. The van der Waals surface area contributed by atoms with Gasteiger partial charge < -0.3 is 5.32 Å². The van der Waals surface area contributed by atoms with Crippen molar-refractivity contribution < 1.29 is 4.79 Å². The molecule has 1 aromatic rings. The summed E-state index contributed by atoms with van der Waals surface area (Å²) in [6.45, 7) is 5.52. The van der Waals surface area contributed by atoms with Crippen LogP contribution in [-0.2, 0) is 4.79 Å². The lowest BCUT2D eigenvalue weighted by atomic mass is 9.96. The van der Waals surface area contributed by atoms with Crippen LogP contribution in [0.1, 0.15) is 20.8 Å². The Morgan fingerprint density at radius 2 is 2.14 bits per heavy atom. The van der Waals surface area contributed by atoms with Crippen LogP contribution in [0.5, 0.6) is 0 Å². The highest BCUT2D eigenvalue weighted by molar-refractivity contribution is 6.30. The Kier molecular flexibility index (Phi) is 3.11. The van der Waals surface area contributed by atoms with Crippen LogP contribution in [0.2, 0.25) is 5.02 Å². The summed E-state index contributed by atoms with van der Waals surface area (Å²) in [7, 11) is 0. The SMILES string of the molecule is CC(C)(C)C(=O)Nc1cc(Cl)ccn1. The maximum Gasteiger partial charge on any atom is 0.230 e. The largest absolute Gasteiger partial charge is 0.310 e. The number of halogens is 1. The third-order valence-electron chi connectivity index (χ3n) is 1.64. The third kappa shape index (κ3) is 3.00. The van der Waals surface area contributed by atoms with Gasteiger partial charge in [0, 0.05) is 16.6 Å². The first-order valence-corrected chi connectivity index (χ1v) is 4.70. The van der Waals surface area contributed by atoms with Crippen molar-refractivity contribution in [3.8, 4) is 0 Å². The number of amides is 1. The summed E-state index contributed by atoms with van der Waals surface area (Å²) in [5.41, 5.74) is -0.427. The van der Waals surface area contributed by atoms with Gasteiger partial charge in [-0.3, -0.25) is 4.79 Å². The number of carbonyl (C=O) groups is 1. The maximum absolute atomic E-state index is 11.6. The highest BCUT2D eigenvalue weighted by Crippen LogP contribution is 2.17. The lowest BCUT2D eigenvalue weighted by Gasteiger charge is -2.16. The zero-order valence-corrected chi connectivity index (χ0v) is 9.22. The number of nitrogens with one attached hydrogen (secondary N) is 1. The van der Waals surface area contributed by atoms with E-state index in [0.717, 1.165) is 0 Å². The molecule has 0 radical (unpaired) electrons. The average molecular weight is 213 g/mol. The second-order valence-corrected chi connectivity index (χ2v) is 4.50. The van der Waals surface area contributed by atoms with Gasteiger partial charge in [-0.05, 0) is 12.1 Å². The van der Waals surface area contributed by atoms with Gasteiger partial charge in [-0.2, -0.15) is 0 Å². The van der Waals surface area contributed by atoms with Crippen LogP contribution < -0.4 is 5.32 Å². The predicted octanol–water partition coefficient (Wildman–Crippen LogP) is 2.72. The molecule has 0 unspecified atom stereocenters. The summed E-state index contributed by atoms with van der Waals surface area (Å²) in [6, 6.07) is 3.28. The van der Waals surface area contributed by atoms with Crippen molar-refractivity contribution in [1.29, 1.82) is 0 Å². The molecule has 0 bridgehead atoms. The standard InChI is InChI=1S/C10H13ClN2O/c1-10(2,3)9(14)13-8-6-7(11)4-5-12-8/h4-6H,1-3H3,(H,12,13,14). The van der Waals surface area contributed by atoms with Gasteiger partial charge in [-0.25, -0.2) is 4.98 Å². The van der Waals surface area contributed by atoms with E-state index in [2.05, 4.69) is 10.3 Å². The molecular weight excluding hydrogens is 200 g/mol. The van der Waals surface area contributed by atoms with Gasteiger partial charge in [-0.15, -0.1) is 0 Å². The van der Waals surface area contributed by atoms with E-state index >= 15 is 0 Å². The van der Waals surface area contributed by atoms with E-state index in [1.165, 1.54) is 0 Å². The topological polar surface area (TPSA) is 42.0 Å². The van der Waals surface area contributed by atoms with Crippen LogP contribution in [0.25, 0.3) is 0 Å². The van der Waals surface area contributed by atoms with E-state index in [-0.39, 0.29) is 5.91 Å². The molecule has 0 aromatic carbocycles. The summed E-state index contributed by atoms with van der Waals surface area (Å²) < 4.78 is 0. The first-order valence-electron chi connectivity index (χ1n) is 4.32. The van der Waals surface area contributed by atoms with Crippen LogP contribution in [0, 0.1) is 5.41 Å². The van der Waals surface area contributed by atoms with Crippen LogP contribution in [-0.4, -0.2) is 10.9 Å². The second kappa shape index (κ2) is 3.96. The van der Waals surface area contributed by atoms with E-state index in [9.17, 15) is 4.79 Å². The number of pyridine rings is 1. The predicted molar refractivity (Wildman–Crippen MR) is 57.3 cm³/mol. The highest BCUT2D eigenvalue weighted by atomic mass is 35.5. The second-order valence-electron chi connectivity index (χ2n) is 4.06. The van der Waals surface area contributed by atoms with Gasteiger partial charge in [0.25, 0.3) is 0 Å². The van der Waals surface area contributed by atoms with E-state index in [1.54, 1.807) is 18.3 Å². The maximum atomic E-state index is 11.6. The van der Waals surface area contributed by atoms with Gasteiger partial charge >= 0.3 is 0 Å². The van der Waals surface area contributed by atoms with Crippen LogP contribution >= 0.6 is 11.6 Å². The Morgan fingerprint density at radius 1 is 1.50 bits per heavy atom. The molecule has 1 heterocycles. The van der Waals surface area contributed by atoms with Crippen molar-refractivity contribution in [2.45, 2.75) is 20.8 Å². The molecule has 0 aliphatic heterocycles. The summed E-state index contributed by atoms with van der Waals surface area (Å²) >= 11 is 5.75. The Bertz CT molecular complexity index is 344.